The molecule has 1 nitrogen and oxygen atoms in total. The minimum absolute atomic E-state index is 0.938. The second-order valence-corrected chi connectivity index (χ2v) is 5.63. The lowest BCUT2D eigenvalue weighted by Gasteiger charge is -2.03. The van der Waals surface area contributed by atoms with E-state index < -0.39 is 0 Å². The molecule has 84 valence electrons. The number of thioether (sulfide) groups is 1. The molecule has 16 heavy (non-hydrogen) atoms. The lowest BCUT2D eigenvalue weighted by Crippen LogP contribution is -2.04. The number of nitrogens with one attached hydrogen (secondary N) is 1. The Morgan fingerprint density at radius 2 is 2.19 bits per heavy atom. The largest absolute Gasteiger partial charge is 0.316 e. The highest BCUT2D eigenvalue weighted by Gasteiger charge is 1.98. The summed E-state index contributed by atoms with van der Waals surface area (Å²) in [6.45, 7) is 0.938. The van der Waals surface area contributed by atoms with Gasteiger partial charge in [-0.05, 0) is 36.2 Å². The molecule has 2 rings (SSSR count). The van der Waals surface area contributed by atoms with Crippen LogP contribution in [0.4, 0.5) is 0 Å². The number of rotatable bonds is 5. The second kappa shape index (κ2) is 6.09. The van der Waals surface area contributed by atoms with Crippen LogP contribution in [0.3, 0.4) is 0 Å². The average Bonchev–Trinajstić information content (AvgIpc) is 2.80. The van der Waals surface area contributed by atoms with E-state index in [9.17, 15) is 0 Å². The van der Waals surface area contributed by atoms with Gasteiger partial charge in [0, 0.05) is 22.1 Å². The number of hydrogen-bond donors (Lipinski definition) is 1. The average molecular weight is 249 g/mol. The molecular formula is C13H15NS2. The van der Waals surface area contributed by atoms with E-state index in [-0.39, 0.29) is 0 Å². The summed E-state index contributed by atoms with van der Waals surface area (Å²) in [5, 5.41) is 5.31. The first-order valence-corrected chi connectivity index (χ1v) is 7.14. The summed E-state index contributed by atoms with van der Waals surface area (Å²) in [5.41, 5.74) is 1.35. The van der Waals surface area contributed by atoms with Crippen LogP contribution in [-0.4, -0.2) is 7.05 Å². The van der Waals surface area contributed by atoms with Crippen molar-refractivity contribution in [1.29, 1.82) is 0 Å². The van der Waals surface area contributed by atoms with Crippen molar-refractivity contribution < 1.29 is 0 Å². The van der Waals surface area contributed by atoms with E-state index in [0.717, 1.165) is 12.3 Å². The summed E-state index contributed by atoms with van der Waals surface area (Å²) >= 11 is 3.72. The van der Waals surface area contributed by atoms with Crippen LogP contribution in [0.2, 0.25) is 0 Å². The first-order chi connectivity index (χ1) is 7.88. The van der Waals surface area contributed by atoms with Gasteiger partial charge in [-0.15, -0.1) is 23.1 Å². The van der Waals surface area contributed by atoms with Crippen LogP contribution in [0.1, 0.15) is 10.4 Å². The van der Waals surface area contributed by atoms with Gasteiger partial charge in [0.2, 0.25) is 0 Å². The summed E-state index contributed by atoms with van der Waals surface area (Å²) in [7, 11) is 1.98. The lowest BCUT2D eigenvalue weighted by molar-refractivity contribution is 0.815. The van der Waals surface area contributed by atoms with Crippen LogP contribution in [-0.2, 0) is 12.3 Å². The zero-order chi connectivity index (χ0) is 11.2. The first-order valence-electron chi connectivity index (χ1n) is 5.27. The summed E-state index contributed by atoms with van der Waals surface area (Å²) in [5.74, 6) is 1.07. The molecule has 0 aliphatic heterocycles. The maximum Gasteiger partial charge on any atom is 0.0326 e. The molecule has 0 unspecified atom stereocenters. The SMILES string of the molecule is CNCc1cccc(SCc2cccs2)c1. The fraction of sp³-hybridized carbons (Fsp3) is 0.231. The van der Waals surface area contributed by atoms with Crippen LogP contribution < -0.4 is 5.32 Å². The van der Waals surface area contributed by atoms with E-state index in [1.54, 1.807) is 0 Å². The van der Waals surface area contributed by atoms with Gasteiger partial charge in [-0.1, -0.05) is 18.2 Å². The van der Waals surface area contributed by atoms with Crippen molar-refractivity contribution in [3.63, 3.8) is 0 Å². The molecule has 0 fully saturated rings. The fourth-order valence-corrected chi connectivity index (χ4v) is 3.25. The molecule has 0 spiro atoms. The fourth-order valence-electron chi connectivity index (χ4n) is 1.50. The van der Waals surface area contributed by atoms with Gasteiger partial charge in [0.15, 0.2) is 0 Å². The Morgan fingerprint density at radius 1 is 1.25 bits per heavy atom. The minimum Gasteiger partial charge on any atom is -0.316 e. The molecule has 0 aliphatic carbocycles. The Labute approximate surface area is 105 Å². The molecule has 1 aromatic carbocycles. The Bertz CT molecular complexity index is 423. The van der Waals surface area contributed by atoms with E-state index in [0.29, 0.717) is 0 Å². The monoisotopic (exact) mass is 249 g/mol. The van der Waals surface area contributed by atoms with E-state index in [4.69, 9.17) is 0 Å². The van der Waals surface area contributed by atoms with Gasteiger partial charge in [-0.25, -0.2) is 0 Å². The maximum atomic E-state index is 3.17. The highest BCUT2D eigenvalue weighted by atomic mass is 32.2. The topological polar surface area (TPSA) is 12.0 Å². The normalized spacial score (nSPS) is 10.6. The molecule has 2 aromatic rings. The highest BCUT2D eigenvalue weighted by molar-refractivity contribution is 7.98. The van der Waals surface area contributed by atoms with Crippen LogP contribution in [0.5, 0.6) is 0 Å². The number of thiophene rings is 1. The molecule has 0 saturated carbocycles. The van der Waals surface area contributed by atoms with E-state index >= 15 is 0 Å². The molecule has 0 saturated heterocycles. The highest BCUT2D eigenvalue weighted by Crippen LogP contribution is 2.25. The zero-order valence-electron chi connectivity index (χ0n) is 9.27. The van der Waals surface area contributed by atoms with Crippen LogP contribution in [0.25, 0.3) is 0 Å². The molecule has 0 aliphatic rings. The molecule has 1 aromatic heterocycles. The number of benzene rings is 1. The van der Waals surface area contributed by atoms with Gasteiger partial charge in [-0.3, -0.25) is 0 Å². The quantitative estimate of drug-likeness (QED) is 0.810. The maximum absolute atomic E-state index is 3.17. The van der Waals surface area contributed by atoms with Gasteiger partial charge in [0.25, 0.3) is 0 Å². The van der Waals surface area contributed by atoms with Crippen molar-refractivity contribution in [2.45, 2.75) is 17.2 Å². The van der Waals surface area contributed by atoms with Crippen molar-refractivity contribution in [1.82, 2.24) is 5.32 Å². The summed E-state index contributed by atoms with van der Waals surface area (Å²) < 4.78 is 0. The Morgan fingerprint density at radius 3 is 2.94 bits per heavy atom. The van der Waals surface area contributed by atoms with E-state index in [2.05, 4.69) is 47.1 Å². The molecule has 0 amide bonds. The van der Waals surface area contributed by atoms with Gasteiger partial charge >= 0.3 is 0 Å². The third-order valence-corrected chi connectivity index (χ3v) is 4.34. The van der Waals surface area contributed by atoms with Crippen molar-refractivity contribution in [3.8, 4) is 0 Å². The third kappa shape index (κ3) is 3.37. The smallest absolute Gasteiger partial charge is 0.0326 e. The predicted octanol–water partition coefficient (Wildman–Crippen LogP) is 3.76. The van der Waals surface area contributed by atoms with Crippen molar-refractivity contribution in [2.24, 2.45) is 0 Å². The molecule has 0 atom stereocenters. The number of hydrogen-bond acceptors (Lipinski definition) is 3. The summed E-state index contributed by atoms with van der Waals surface area (Å²) in [4.78, 5) is 2.78. The molecule has 1 N–H and O–H groups in total. The standard InChI is InChI=1S/C13H15NS2/c1-14-9-11-4-2-5-12(8-11)16-10-13-6-3-7-15-13/h2-8,14H,9-10H2,1H3. The van der Waals surface area contributed by atoms with E-state index in [1.165, 1.54) is 15.3 Å². The Balaban J connectivity index is 1.96. The first kappa shape index (κ1) is 11.7. The second-order valence-electron chi connectivity index (χ2n) is 3.55. The van der Waals surface area contributed by atoms with Crippen molar-refractivity contribution in [3.05, 3.63) is 52.2 Å². The van der Waals surface area contributed by atoms with E-state index in [1.807, 2.05) is 30.1 Å². The van der Waals surface area contributed by atoms with Gasteiger partial charge in [-0.2, -0.15) is 0 Å². The summed E-state index contributed by atoms with van der Waals surface area (Å²) in [6, 6.07) is 13.0. The molecule has 0 radical (unpaired) electrons. The minimum atomic E-state index is 0.938. The molecule has 3 heteroatoms. The van der Waals surface area contributed by atoms with Crippen LogP contribution >= 0.6 is 23.1 Å². The molecule has 0 bridgehead atoms. The van der Waals surface area contributed by atoms with Gasteiger partial charge in [0.05, 0.1) is 0 Å². The Kier molecular flexibility index (Phi) is 4.45. The molecular weight excluding hydrogens is 234 g/mol. The summed E-state index contributed by atoms with van der Waals surface area (Å²) in [6.07, 6.45) is 0. The molecule has 1 heterocycles. The zero-order valence-corrected chi connectivity index (χ0v) is 10.9. The third-order valence-electron chi connectivity index (χ3n) is 2.24. The predicted molar refractivity (Wildman–Crippen MR) is 73.1 cm³/mol. The van der Waals surface area contributed by atoms with Crippen molar-refractivity contribution >= 4 is 23.1 Å². The lowest BCUT2D eigenvalue weighted by atomic mass is 10.2. The van der Waals surface area contributed by atoms with Gasteiger partial charge in [0.1, 0.15) is 0 Å². The van der Waals surface area contributed by atoms with Crippen LogP contribution in [0.15, 0.2) is 46.7 Å². The van der Waals surface area contributed by atoms with Crippen LogP contribution in [0, 0.1) is 0 Å². The Hall–Kier alpha value is -0.770. The van der Waals surface area contributed by atoms with Gasteiger partial charge < -0.3 is 5.32 Å². The van der Waals surface area contributed by atoms with Crippen molar-refractivity contribution in [2.75, 3.05) is 7.05 Å².